The number of rotatable bonds is 8. The molecule has 4 atom stereocenters. The van der Waals surface area contributed by atoms with E-state index >= 15 is 0 Å². The molecule has 4 aliphatic rings. The Hall–Kier alpha value is -8.60. The lowest BCUT2D eigenvalue weighted by Gasteiger charge is -2.50. The largest absolute Gasteiger partial charge is 0.334 e. The van der Waals surface area contributed by atoms with E-state index in [0.29, 0.717) is 0 Å². The molecule has 390 valence electrons. The van der Waals surface area contributed by atoms with Gasteiger partial charge in [-0.1, -0.05) is 185 Å². The van der Waals surface area contributed by atoms with Crippen molar-refractivity contribution in [2.45, 2.75) is 101 Å². The van der Waals surface area contributed by atoms with Gasteiger partial charge in [-0.05, 0) is 200 Å². The van der Waals surface area contributed by atoms with Crippen LogP contribution in [-0.2, 0) is 10.8 Å². The summed E-state index contributed by atoms with van der Waals surface area (Å²) >= 11 is 0. The standard InChI is InChI=1S/C76H66N4/c1-73-39-11-13-41-75(73,3)79(61-35-43-77-44-36-61)69-33-29-59(49-67(69)73)57-27-31-63-65(47-57)71(55-23-19-53(20-24-55)51-15-7-5-8-16-51)64-32-28-58(48-66(64)72(63)56-25-21-54(22-26-56)52-17-9-6-10-18-52)60-30-34-70-68(50-60)74(2)40-12-14-42-76(74,4)80(70)62-37-45-78-46-38-62/h5-10,15-38,43-50H,11-14,39-42H2,1-4H3. The molecule has 0 spiro atoms. The Morgan fingerprint density at radius 3 is 1.02 bits per heavy atom. The van der Waals surface area contributed by atoms with Crippen LogP contribution in [0.5, 0.6) is 0 Å². The maximum atomic E-state index is 4.43. The first-order chi connectivity index (χ1) is 39.1. The average molecular weight is 1040 g/mol. The van der Waals surface area contributed by atoms with Gasteiger partial charge >= 0.3 is 0 Å². The number of hydrogen-bond acceptors (Lipinski definition) is 4. The van der Waals surface area contributed by atoms with Gasteiger partial charge in [0.15, 0.2) is 0 Å². The topological polar surface area (TPSA) is 32.3 Å². The monoisotopic (exact) mass is 1030 g/mol. The normalized spacial score (nSPS) is 22.0. The Kier molecular flexibility index (Phi) is 11.2. The van der Waals surface area contributed by atoms with Gasteiger partial charge in [0.05, 0.1) is 11.1 Å². The van der Waals surface area contributed by atoms with Crippen LogP contribution >= 0.6 is 0 Å². The predicted molar refractivity (Wildman–Crippen MR) is 335 cm³/mol. The second-order valence-electron chi connectivity index (χ2n) is 24.3. The fraction of sp³-hybridized carbons (Fsp3) is 0.211. The first-order valence-corrected chi connectivity index (χ1v) is 29.2. The van der Waals surface area contributed by atoms with Crippen molar-refractivity contribution in [2.75, 3.05) is 9.80 Å². The van der Waals surface area contributed by atoms with Gasteiger partial charge in [-0.15, -0.1) is 0 Å². The van der Waals surface area contributed by atoms with E-state index in [1.165, 1.54) is 148 Å². The number of nitrogens with zero attached hydrogens (tertiary/aromatic N) is 4. The van der Waals surface area contributed by atoms with Crippen LogP contribution < -0.4 is 9.80 Å². The molecule has 2 aliphatic carbocycles. The Bertz CT molecular complexity index is 3900. The van der Waals surface area contributed by atoms with Crippen LogP contribution in [0.2, 0.25) is 0 Å². The highest BCUT2D eigenvalue weighted by Crippen LogP contribution is 2.63. The van der Waals surface area contributed by atoms with E-state index in [0.717, 1.165) is 25.7 Å². The molecule has 2 aliphatic heterocycles. The first kappa shape index (κ1) is 48.5. The van der Waals surface area contributed by atoms with Gasteiger partial charge in [0.2, 0.25) is 0 Å². The maximum Gasteiger partial charge on any atom is 0.0517 e. The summed E-state index contributed by atoms with van der Waals surface area (Å²) in [7, 11) is 0. The summed E-state index contributed by atoms with van der Waals surface area (Å²) in [6.07, 6.45) is 17.4. The van der Waals surface area contributed by atoms with E-state index < -0.39 is 0 Å². The summed E-state index contributed by atoms with van der Waals surface area (Å²) in [5.41, 5.74) is 22.7. The van der Waals surface area contributed by atoms with Crippen molar-refractivity contribution in [1.82, 2.24) is 9.97 Å². The second-order valence-corrected chi connectivity index (χ2v) is 24.3. The molecule has 15 rings (SSSR count). The number of fused-ring (bicyclic) bond motifs is 8. The number of pyridine rings is 2. The van der Waals surface area contributed by atoms with Crippen molar-refractivity contribution < 1.29 is 0 Å². The van der Waals surface area contributed by atoms with Gasteiger partial charge < -0.3 is 9.80 Å². The smallest absolute Gasteiger partial charge is 0.0517 e. The van der Waals surface area contributed by atoms with Crippen molar-refractivity contribution in [3.8, 4) is 66.8 Å². The molecule has 0 bridgehead atoms. The molecule has 0 amide bonds. The summed E-state index contributed by atoms with van der Waals surface area (Å²) in [5.74, 6) is 0. The second kappa shape index (κ2) is 18.5. The lowest BCUT2D eigenvalue weighted by atomic mass is 9.61. The molecule has 0 radical (unpaired) electrons. The highest BCUT2D eigenvalue weighted by molar-refractivity contribution is 6.22. The predicted octanol–water partition coefficient (Wildman–Crippen LogP) is 20.3. The zero-order valence-electron chi connectivity index (χ0n) is 46.4. The minimum absolute atomic E-state index is 0.0129. The fourth-order valence-corrected chi connectivity index (χ4v) is 15.8. The van der Waals surface area contributed by atoms with E-state index in [-0.39, 0.29) is 21.9 Å². The Morgan fingerprint density at radius 1 is 0.300 bits per heavy atom. The molecule has 2 fully saturated rings. The van der Waals surface area contributed by atoms with E-state index in [1.54, 1.807) is 0 Å². The minimum Gasteiger partial charge on any atom is -0.334 e. The van der Waals surface area contributed by atoms with Crippen molar-refractivity contribution in [1.29, 1.82) is 0 Å². The Morgan fingerprint density at radius 2 is 0.625 bits per heavy atom. The van der Waals surface area contributed by atoms with Gasteiger partial charge in [-0.25, -0.2) is 0 Å². The van der Waals surface area contributed by atoms with E-state index in [4.69, 9.17) is 0 Å². The van der Waals surface area contributed by atoms with Crippen LogP contribution in [0.3, 0.4) is 0 Å². The molecule has 80 heavy (non-hydrogen) atoms. The van der Waals surface area contributed by atoms with Crippen LogP contribution in [0.1, 0.15) is 90.2 Å². The average Bonchev–Trinajstić information content (AvgIpc) is 3.61. The molecule has 11 aromatic rings. The number of aromatic nitrogens is 2. The van der Waals surface area contributed by atoms with E-state index in [9.17, 15) is 0 Å². The van der Waals surface area contributed by atoms with Crippen molar-refractivity contribution in [3.05, 3.63) is 242 Å². The van der Waals surface area contributed by atoms with Gasteiger partial charge in [0.25, 0.3) is 0 Å². The number of hydrogen-bond donors (Lipinski definition) is 0. The van der Waals surface area contributed by atoms with Crippen molar-refractivity contribution in [3.63, 3.8) is 0 Å². The zero-order chi connectivity index (χ0) is 53.8. The molecule has 2 saturated carbocycles. The summed E-state index contributed by atoms with van der Waals surface area (Å²) < 4.78 is 0. The summed E-state index contributed by atoms with van der Waals surface area (Å²) in [6, 6.07) is 78.4. The molecule has 4 nitrogen and oxygen atoms in total. The molecule has 4 heteroatoms. The highest BCUT2D eigenvalue weighted by atomic mass is 15.3. The maximum absolute atomic E-state index is 4.43. The van der Waals surface area contributed by atoms with Crippen LogP contribution in [0.15, 0.2) is 231 Å². The molecule has 4 unspecified atom stereocenters. The molecule has 0 saturated heterocycles. The van der Waals surface area contributed by atoms with Gasteiger partial charge in [-0.2, -0.15) is 0 Å². The van der Waals surface area contributed by atoms with Crippen molar-refractivity contribution in [2.24, 2.45) is 0 Å². The highest BCUT2D eigenvalue weighted by Gasteiger charge is 2.59. The lowest BCUT2D eigenvalue weighted by Crippen LogP contribution is -2.54. The van der Waals surface area contributed by atoms with Gasteiger partial charge in [-0.3, -0.25) is 9.97 Å². The number of benzene rings is 9. The third-order valence-electron chi connectivity index (χ3n) is 20.4. The van der Waals surface area contributed by atoms with Crippen LogP contribution in [0.25, 0.3) is 88.3 Å². The summed E-state index contributed by atoms with van der Waals surface area (Å²) in [5, 5.41) is 5.00. The van der Waals surface area contributed by atoms with Gasteiger partial charge in [0, 0.05) is 58.4 Å². The molecular formula is C76H66N4. The molecular weight excluding hydrogens is 969 g/mol. The molecule has 2 aromatic heterocycles. The van der Waals surface area contributed by atoms with Crippen LogP contribution in [-0.4, -0.2) is 21.0 Å². The van der Waals surface area contributed by atoms with Crippen molar-refractivity contribution >= 4 is 44.3 Å². The van der Waals surface area contributed by atoms with E-state index in [2.05, 4.69) is 254 Å². The molecule has 4 heterocycles. The van der Waals surface area contributed by atoms with Gasteiger partial charge in [0.1, 0.15) is 0 Å². The Labute approximate surface area is 471 Å². The molecule has 0 N–H and O–H groups in total. The fourth-order valence-electron chi connectivity index (χ4n) is 15.8. The molecule has 9 aromatic carbocycles. The van der Waals surface area contributed by atoms with Crippen LogP contribution in [0, 0.1) is 0 Å². The SMILES string of the molecule is CC12CCCCC1(C)N(c1ccncc1)c1ccc(-c3ccc4c(-c5ccc(-c6ccccc6)cc5)c5cc(-c6ccc7c(c6)C6(C)CCCCC6(C)N7c6ccncc6)ccc5c(-c5ccc(-c6ccccc6)cc5)c4c3)cc12. The van der Waals surface area contributed by atoms with E-state index in [1.807, 2.05) is 24.8 Å². The summed E-state index contributed by atoms with van der Waals surface area (Å²) in [6.45, 7) is 10.1. The van der Waals surface area contributed by atoms with Crippen LogP contribution in [0.4, 0.5) is 22.7 Å². The summed E-state index contributed by atoms with van der Waals surface area (Å²) in [4.78, 5) is 14.2. The lowest BCUT2D eigenvalue weighted by molar-refractivity contribution is 0.195. The first-order valence-electron chi connectivity index (χ1n) is 29.2. The number of anilines is 4. The zero-order valence-corrected chi connectivity index (χ0v) is 46.4. The minimum atomic E-state index is -0.0482. The third-order valence-corrected chi connectivity index (χ3v) is 20.4. The quantitative estimate of drug-likeness (QED) is 0.142. The third kappa shape index (κ3) is 7.27. The Balaban J connectivity index is 0.955.